The molecule has 2 aromatic carbocycles. The molecule has 1 heterocycles. The maximum Gasteiger partial charge on any atom is 0.223 e. The molecule has 0 atom stereocenters. The van der Waals surface area contributed by atoms with Crippen molar-refractivity contribution in [3.8, 4) is 17.1 Å². The molecule has 1 saturated carbocycles. The van der Waals surface area contributed by atoms with Crippen molar-refractivity contribution in [2.24, 2.45) is 4.99 Å². The summed E-state index contributed by atoms with van der Waals surface area (Å²) in [6.07, 6.45) is 6.34. The molecule has 3 aromatic rings. The molecule has 1 aliphatic carbocycles. The zero-order valence-corrected chi connectivity index (χ0v) is 16.6. The van der Waals surface area contributed by atoms with E-state index in [1.165, 1.54) is 32.1 Å². The van der Waals surface area contributed by atoms with Crippen molar-refractivity contribution in [3.63, 3.8) is 0 Å². The zero-order valence-electron chi connectivity index (χ0n) is 14.0. The second kappa shape index (κ2) is 8.59. The fraction of sp³-hybridized carbons (Fsp3) is 0.300. The Morgan fingerprint density at radius 2 is 1.52 bits per heavy atom. The SMILES string of the molecule is Br.c1ccc(-c2nc(=NC3CCCCC3)sn2-c2ccccc2)cc1. The Morgan fingerprint density at radius 3 is 2.20 bits per heavy atom. The van der Waals surface area contributed by atoms with Gasteiger partial charge in [0.15, 0.2) is 5.82 Å². The van der Waals surface area contributed by atoms with Gasteiger partial charge in [-0.25, -0.2) is 3.96 Å². The fourth-order valence-corrected chi connectivity index (χ4v) is 4.15. The van der Waals surface area contributed by atoms with Crippen LogP contribution in [0.25, 0.3) is 17.1 Å². The number of hydrogen-bond donors (Lipinski definition) is 0. The molecular weight excluding hydrogens is 394 g/mol. The Hall–Kier alpha value is -1.72. The van der Waals surface area contributed by atoms with Crippen LogP contribution >= 0.6 is 28.5 Å². The molecule has 4 rings (SSSR count). The summed E-state index contributed by atoms with van der Waals surface area (Å²) in [7, 11) is 0. The quantitative estimate of drug-likeness (QED) is 0.561. The molecule has 25 heavy (non-hydrogen) atoms. The number of para-hydroxylation sites is 1. The standard InChI is InChI=1S/C20H21N3S.BrH/c1-4-10-16(11-5-1)19-22-20(21-17-12-6-2-7-13-17)24-23(19)18-14-8-3-9-15-18;/h1,3-5,8-11,14-15,17H,2,6-7,12-13H2;1H. The second-order valence-corrected chi connectivity index (χ2v) is 7.14. The number of aromatic nitrogens is 2. The Kier molecular flexibility index (Phi) is 6.21. The van der Waals surface area contributed by atoms with Crippen molar-refractivity contribution in [3.05, 3.63) is 65.5 Å². The van der Waals surface area contributed by atoms with Gasteiger partial charge in [-0.3, -0.25) is 4.99 Å². The average Bonchev–Trinajstić information content (AvgIpc) is 3.08. The van der Waals surface area contributed by atoms with Crippen molar-refractivity contribution in [1.29, 1.82) is 0 Å². The van der Waals surface area contributed by atoms with E-state index in [9.17, 15) is 0 Å². The van der Waals surface area contributed by atoms with Gasteiger partial charge in [-0.1, -0.05) is 67.8 Å². The molecule has 0 radical (unpaired) electrons. The zero-order chi connectivity index (χ0) is 16.2. The molecule has 0 bridgehead atoms. The van der Waals surface area contributed by atoms with Gasteiger partial charge in [0.05, 0.1) is 11.7 Å². The molecule has 5 heteroatoms. The summed E-state index contributed by atoms with van der Waals surface area (Å²) >= 11 is 1.64. The van der Waals surface area contributed by atoms with E-state index in [1.807, 2.05) is 12.1 Å². The van der Waals surface area contributed by atoms with Crippen molar-refractivity contribution < 1.29 is 0 Å². The molecule has 1 aromatic heterocycles. The normalized spacial score (nSPS) is 15.8. The predicted molar refractivity (Wildman–Crippen MR) is 110 cm³/mol. The molecular formula is C20H22BrN3S. The maximum atomic E-state index is 4.94. The van der Waals surface area contributed by atoms with Gasteiger partial charge in [0.2, 0.25) is 4.80 Å². The Balaban J connectivity index is 0.00000182. The number of rotatable bonds is 3. The van der Waals surface area contributed by atoms with Gasteiger partial charge in [-0.15, -0.1) is 17.0 Å². The predicted octanol–water partition coefficient (Wildman–Crippen LogP) is 5.41. The van der Waals surface area contributed by atoms with Crippen molar-refractivity contribution in [1.82, 2.24) is 8.94 Å². The summed E-state index contributed by atoms with van der Waals surface area (Å²) in [5, 5.41) is 0. The van der Waals surface area contributed by atoms with Crippen LogP contribution in [0.2, 0.25) is 0 Å². The smallest absolute Gasteiger partial charge is 0.223 e. The highest BCUT2D eigenvalue weighted by molar-refractivity contribution is 8.93. The molecule has 1 aliphatic rings. The summed E-state index contributed by atoms with van der Waals surface area (Å²) in [6.45, 7) is 0. The van der Waals surface area contributed by atoms with Crippen LogP contribution in [0, 0.1) is 0 Å². The average molecular weight is 416 g/mol. The number of hydrogen-bond acceptors (Lipinski definition) is 3. The summed E-state index contributed by atoms with van der Waals surface area (Å²) < 4.78 is 2.19. The van der Waals surface area contributed by atoms with E-state index in [4.69, 9.17) is 9.98 Å². The van der Waals surface area contributed by atoms with Crippen molar-refractivity contribution in [2.75, 3.05) is 0 Å². The third-order valence-corrected chi connectivity index (χ3v) is 5.38. The topological polar surface area (TPSA) is 30.2 Å². The Bertz CT molecular complexity index is 789. The first-order chi connectivity index (χ1) is 11.9. The minimum absolute atomic E-state index is 0. The molecule has 130 valence electrons. The highest BCUT2D eigenvalue weighted by atomic mass is 79.9. The van der Waals surface area contributed by atoms with Gasteiger partial charge in [-0.2, -0.15) is 4.98 Å². The van der Waals surface area contributed by atoms with Crippen molar-refractivity contribution in [2.45, 2.75) is 38.1 Å². The molecule has 0 aliphatic heterocycles. The van der Waals surface area contributed by atoms with Crippen LogP contribution < -0.4 is 4.80 Å². The van der Waals surface area contributed by atoms with Gasteiger partial charge in [0, 0.05) is 5.56 Å². The van der Waals surface area contributed by atoms with Crippen LogP contribution in [0.15, 0.2) is 65.7 Å². The lowest BCUT2D eigenvalue weighted by Crippen LogP contribution is -2.14. The summed E-state index contributed by atoms with van der Waals surface area (Å²) in [5.74, 6) is 0.973. The van der Waals surface area contributed by atoms with E-state index in [2.05, 4.69) is 52.5 Å². The van der Waals surface area contributed by atoms with Crippen LogP contribution in [-0.2, 0) is 0 Å². The number of nitrogens with zero attached hydrogens (tertiary/aromatic N) is 3. The van der Waals surface area contributed by atoms with E-state index < -0.39 is 0 Å². The minimum atomic E-state index is 0. The summed E-state index contributed by atoms with van der Waals surface area (Å²) in [6, 6.07) is 21.2. The van der Waals surface area contributed by atoms with Gasteiger partial charge in [0.25, 0.3) is 0 Å². The van der Waals surface area contributed by atoms with E-state index in [0.29, 0.717) is 6.04 Å². The molecule has 1 fully saturated rings. The number of halogens is 1. The summed E-state index contributed by atoms with van der Waals surface area (Å²) in [5.41, 5.74) is 2.27. The molecule has 0 unspecified atom stereocenters. The first kappa shape index (κ1) is 18.1. The maximum absolute atomic E-state index is 4.94. The van der Waals surface area contributed by atoms with Crippen LogP contribution in [0.4, 0.5) is 0 Å². The van der Waals surface area contributed by atoms with E-state index in [1.54, 1.807) is 11.5 Å². The van der Waals surface area contributed by atoms with Crippen LogP contribution in [-0.4, -0.2) is 15.0 Å². The Labute approximate surface area is 163 Å². The minimum Gasteiger partial charge on any atom is -0.253 e. The summed E-state index contributed by atoms with van der Waals surface area (Å²) in [4.78, 5) is 10.7. The highest BCUT2D eigenvalue weighted by Crippen LogP contribution is 2.23. The van der Waals surface area contributed by atoms with E-state index in [0.717, 1.165) is 21.9 Å². The van der Waals surface area contributed by atoms with Gasteiger partial charge in [-0.05, 0) is 36.5 Å². The van der Waals surface area contributed by atoms with Crippen LogP contribution in [0.3, 0.4) is 0 Å². The highest BCUT2D eigenvalue weighted by Gasteiger charge is 2.14. The molecule has 0 N–H and O–H groups in total. The number of benzene rings is 2. The molecule has 0 spiro atoms. The third-order valence-electron chi connectivity index (χ3n) is 4.46. The third kappa shape index (κ3) is 4.28. The van der Waals surface area contributed by atoms with Gasteiger partial charge >= 0.3 is 0 Å². The lowest BCUT2D eigenvalue weighted by molar-refractivity contribution is 0.437. The monoisotopic (exact) mass is 415 g/mol. The van der Waals surface area contributed by atoms with Crippen molar-refractivity contribution >= 4 is 28.5 Å². The lowest BCUT2D eigenvalue weighted by atomic mass is 9.96. The molecule has 0 amide bonds. The van der Waals surface area contributed by atoms with Gasteiger partial charge < -0.3 is 0 Å². The van der Waals surface area contributed by atoms with E-state index >= 15 is 0 Å². The van der Waals surface area contributed by atoms with Gasteiger partial charge in [0.1, 0.15) is 0 Å². The fourth-order valence-electron chi connectivity index (χ4n) is 3.21. The van der Waals surface area contributed by atoms with E-state index in [-0.39, 0.29) is 17.0 Å². The van der Waals surface area contributed by atoms with Crippen LogP contribution in [0.5, 0.6) is 0 Å². The first-order valence-electron chi connectivity index (χ1n) is 8.65. The largest absolute Gasteiger partial charge is 0.253 e. The lowest BCUT2D eigenvalue weighted by Gasteiger charge is -2.16. The van der Waals surface area contributed by atoms with Crippen LogP contribution in [0.1, 0.15) is 32.1 Å². The molecule has 3 nitrogen and oxygen atoms in total. The Morgan fingerprint density at radius 1 is 0.880 bits per heavy atom. The molecule has 0 saturated heterocycles. The second-order valence-electron chi connectivity index (χ2n) is 6.23. The first-order valence-corrected chi connectivity index (χ1v) is 9.42.